The summed E-state index contributed by atoms with van der Waals surface area (Å²) in [5.74, 6) is 1.12. The SMILES string of the molecule is CC(C)CCn1c(=O)c2ccccc2n2c(=S)n(CN3CCOCC3)nc12. The summed E-state index contributed by atoms with van der Waals surface area (Å²) in [6.07, 6.45) is 0.914. The van der Waals surface area contributed by atoms with Crippen LogP contribution in [0.3, 0.4) is 0 Å². The summed E-state index contributed by atoms with van der Waals surface area (Å²) < 4.78 is 11.6. The Labute approximate surface area is 162 Å². The molecule has 0 atom stereocenters. The molecule has 0 amide bonds. The number of hydrogen-bond donors (Lipinski definition) is 0. The number of aryl methyl sites for hydroxylation is 1. The molecule has 8 heteroatoms. The third kappa shape index (κ3) is 3.44. The van der Waals surface area contributed by atoms with E-state index < -0.39 is 0 Å². The van der Waals surface area contributed by atoms with Gasteiger partial charge in [0.1, 0.15) is 0 Å². The van der Waals surface area contributed by atoms with Gasteiger partial charge in [0.05, 0.1) is 30.8 Å². The smallest absolute Gasteiger partial charge is 0.262 e. The summed E-state index contributed by atoms with van der Waals surface area (Å²) in [5, 5.41) is 5.43. The summed E-state index contributed by atoms with van der Waals surface area (Å²) in [6, 6.07) is 7.63. The lowest BCUT2D eigenvalue weighted by Crippen LogP contribution is -2.37. The summed E-state index contributed by atoms with van der Waals surface area (Å²) in [4.78, 5) is 15.4. The highest BCUT2D eigenvalue weighted by atomic mass is 32.1. The first-order valence-electron chi connectivity index (χ1n) is 9.47. The Morgan fingerprint density at radius 2 is 1.96 bits per heavy atom. The molecule has 27 heavy (non-hydrogen) atoms. The van der Waals surface area contributed by atoms with E-state index in [1.54, 1.807) is 4.57 Å². The number of hydrogen-bond acceptors (Lipinski definition) is 5. The van der Waals surface area contributed by atoms with Gasteiger partial charge in [0.2, 0.25) is 10.5 Å². The monoisotopic (exact) mass is 387 g/mol. The van der Waals surface area contributed by atoms with Gasteiger partial charge in [0.15, 0.2) is 0 Å². The highest BCUT2D eigenvalue weighted by Gasteiger charge is 2.18. The topological polar surface area (TPSA) is 56.7 Å². The zero-order valence-corrected chi connectivity index (χ0v) is 16.6. The fraction of sp³-hybridized carbons (Fsp3) is 0.526. The van der Waals surface area contributed by atoms with Crippen LogP contribution < -0.4 is 5.56 Å². The molecule has 0 saturated carbocycles. The van der Waals surface area contributed by atoms with E-state index in [0.29, 0.717) is 35.1 Å². The van der Waals surface area contributed by atoms with Crippen LogP contribution in [0.25, 0.3) is 16.7 Å². The molecule has 3 heterocycles. The number of para-hydroxylation sites is 1. The molecule has 0 N–H and O–H groups in total. The van der Waals surface area contributed by atoms with E-state index >= 15 is 0 Å². The van der Waals surface area contributed by atoms with E-state index in [4.69, 9.17) is 22.1 Å². The lowest BCUT2D eigenvalue weighted by atomic mass is 10.1. The van der Waals surface area contributed by atoms with Crippen molar-refractivity contribution in [2.45, 2.75) is 33.5 Å². The lowest BCUT2D eigenvalue weighted by molar-refractivity contribution is 0.0210. The molecule has 1 aliphatic rings. The predicted molar refractivity (Wildman–Crippen MR) is 108 cm³/mol. The fourth-order valence-electron chi connectivity index (χ4n) is 3.48. The van der Waals surface area contributed by atoms with Gasteiger partial charge in [-0.15, -0.1) is 5.10 Å². The molecule has 144 valence electrons. The Kier molecular flexibility index (Phi) is 5.12. The van der Waals surface area contributed by atoms with Gasteiger partial charge in [-0.1, -0.05) is 26.0 Å². The van der Waals surface area contributed by atoms with Crippen molar-refractivity contribution in [2.24, 2.45) is 5.92 Å². The van der Waals surface area contributed by atoms with Crippen molar-refractivity contribution >= 4 is 28.9 Å². The first-order valence-corrected chi connectivity index (χ1v) is 9.88. The van der Waals surface area contributed by atoms with Crippen LogP contribution in [0.5, 0.6) is 0 Å². The zero-order chi connectivity index (χ0) is 19.0. The van der Waals surface area contributed by atoms with Crippen LogP contribution in [0.2, 0.25) is 0 Å². The summed E-state index contributed by atoms with van der Waals surface area (Å²) in [5.41, 5.74) is 0.814. The van der Waals surface area contributed by atoms with Gasteiger partial charge in [-0.2, -0.15) is 0 Å². The van der Waals surface area contributed by atoms with E-state index in [9.17, 15) is 4.79 Å². The van der Waals surface area contributed by atoms with Gasteiger partial charge < -0.3 is 4.74 Å². The predicted octanol–water partition coefficient (Wildman–Crippen LogP) is 2.52. The quantitative estimate of drug-likeness (QED) is 0.630. The van der Waals surface area contributed by atoms with Crippen LogP contribution in [0.15, 0.2) is 29.1 Å². The molecule has 0 aliphatic carbocycles. The minimum atomic E-state index is -0.00253. The molecular weight excluding hydrogens is 362 g/mol. The summed E-state index contributed by atoms with van der Waals surface area (Å²) in [6.45, 7) is 8.72. The van der Waals surface area contributed by atoms with E-state index in [1.165, 1.54) is 0 Å². The summed E-state index contributed by atoms with van der Waals surface area (Å²) in [7, 11) is 0. The highest BCUT2D eigenvalue weighted by Crippen LogP contribution is 2.16. The minimum absolute atomic E-state index is 0.00253. The normalized spacial score (nSPS) is 16.0. The van der Waals surface area contributed by atoms with Crippen LogP contribution in [0, 0.1) is 10.7 Å². The van der Waals surface area contributed by atoms with E-state index in [1.807, 2.05) is 33.3 Å². The Balaban J connectivity index is 1.89. The Morgan fingerprint density at radius 1 is 1.22 bits per heavy atom. The second-order valence-corrected chi connectivity index (χ2v) is 7.81. The minimum Gasteiger partial charge on any atom is -0.379 e. The van der Waals surface area contributed by atoms with Gasteiger partial charge in [0.25, 0.3) is 5.56 Å². The van der Waals surface area contributed by atoms with Gasteiger partial charge in [-0.3, -0.25) is 18.7 Å². The number of fused-ring (bicyclic) bond motifs is 3. The van der Waals surface area contributed by atoms with Crippen molar-refractivity contribution < 1.29 is 4.74 Å². The first-order chi connectivity index (χ1) is 13.1. The molecule has 2 aromatic heterocycles. The van der Waals surface area contributed by atoms with Crippen LogP contribution in [-0.2, 0) is 18.0 Å². The maximum absolute atomic E-state index is 13.1. The van der Waals surface area contributed by atoms with Gasteiger partial charge in [-0.25, -0.2) is 4.68 Å². The molecular formula is C19H25N5O2S. The molecule has 0 spiro atoms. The molecule has 7 nitrogen and oxygen atoms in total. The molecule has 0 bridgehead atoms. The second kappa shape index (κ2) is 7.53. The standard InChI is InChI=1S/C19H25N5O2S/c1-14(2)7-8-22-17(25)15-5-3-4-6-16(15)24-18(22)20-23(19(24)27)13-21-9-11-26-12-10-21/h3-6,14H,7-13H2,1-2H3. The van der Waals surface area contributed by atoms with Crippen molar-refractivity contribution in [1.82, 2.24) is 23.6 Å². The van der Waals surface area contributed by atoms with Crippen LogP contribution >= 0.6 is 12.2 Å². The van der Waals surface area contributed by atoms with Gasteiger partial charge in [0, 0.05) is 19.6 Å². The largest absolute Gasteiger partial charge is 0.379 e. The lowest BCUT2D eigenvalue weighted by Gasteiger charge is -2.25. The first kappa shape index (κ1) is 18.3. The fourth-order valence-corrected chi connectivity index (χ4v) is 3.76. The van der Waals surface area contributed by atoms with Crippen LogP contribution in [0.4, 0.5) is 0 Å². The average Bonchev–Trinajstić information content (AvgIpc) is 2.98. The average molecular weight is 388 g/mol. The number of morpholine rings is 1. The third-order valence-electron chi connectivity index (χ3n) is 5.05. The Bertz CT molecular complexity index is 1080. The molecule has 1 aromatic carbocycles. The highest BCUT2D eigenvalue weighted by molar-refractivity contribution is 7.71. The molecule has 0 radical (unpaired) electrons. The van der Waals surface area contributed by atoms with Crippen molar-refractivity contribution in [3.8, 4) is 0 Å². The van der Waals surface area contributed by atoms with Crippen molar-refractivity contribution in [1.29, 1.82) is 0 Å². The second-order valence-electron chi connectivity index (χ2n) is 7.45. The maximum Gasteiger partial charge on any atom is 0.262 e. The number of nitrogens with zero attached hydrogens (tertiary/aromatic N) is 5. The Hall–Kier alpha value is -2.03. The van der Waals surface area contributed by atoms with E-state index in [2.05, 4.69) is 18.7 Å². The molecule has 0 unspecified atom stereocenters. The molecule has 1 saturated heterocycles. The molecule has 3 aromatic rings. The molecule has 1 fully saturated rings. The number of rotatable bonds is 5. The van der Waals surface area contributed by atoms with Gasteiger partial charge >= 0.3 is 0 Å². The van der Waals surface area contributed by atoms with E-state index in [0.717, 1.165) is 38.2 Å². The zero-order valence-electron chi connectivity index (χ0n) is 15.8. The summed E-state index contributed by atoms with van der Waals surface area (Å²) >= 11 is 5.75. The van der Waals surface area contributed by atoms with Crippen LogP contribution in [0.1, 0.15) is 20.3 Å². The van der Waals surface area contributed by atoms with Crippen molar-refractivity contribution in [2.75, 3.05) is 26.3 Å². The van der Waals surface area contributed by atoms with E-state index in [-0.39, 0.29) is 5.56 Å². The molecule has 1 aliphatic heterocycles. The van der Waals surface area contributed by atoms with Crippen molar-refractivity contribution in [3.63, 3.8) is 0 Å². The maximum atomic E-state index is 13.1. The van der Waals surface area contributed by atoms with Crippen molar-refractivity contribution in [3.05, 3.63) is 39.4 Å². The van der Waals surface area contributed by atoms with Gasteiger partial charge in [-0.05, 0) is 36.7 Å². The Morgan fingerprint density at radius 3 is 2.70 bits per heavy atom. The number of aromatic nitrogens is 4. The number of ether oxygens (including phenoxy) is 1. The van der Waals surface area contributed by atoms with Crippen LogP contribution in [-0.4, -0.2) is 50.0 Å². The number of benzene rings is 1. The third-order valence-corrected chi connectivity index (χ3v) is 5.45. The molecule has 4 rings (SSSR count).